The first-order valence-corrected chi connectivity index (χ1v) is 6.96. The highest BCUT2D eigenvalue weighted by molar-refractivity contribution is 5.88. The molecule has 2 saturated heterocycles. The number of ether oxygens (including phenoxy) is 1. The van der Waals surface area contributed by atoms with Crippen molar-refractivity contribution in [1.82, 2.24) is 10.2 Å². The van der Waals surface area contributed by atoms with Crippen LogP contribution in [0.3, 0.4) is 0 Å². The fourth-order valence-corrected chi connectivity index (χ4v) is 2.61. The summed E-state index contributed by atoms with van der Waals surface area (Å²) < 4.78 is 5.42. The molecule has 0 aliphatic carbocycles. The van der Waals surface area contributed by atoms with Crippen molar-refractivity contribution in [3.8, 4) is 0 Å². The summed E-state index contributed by atoms with van der Waals surface area (Å²) in [6, 6.07) is 10.2. The molecule has 102 valence electrons. The molecule has 0 spiro atoms. The Morgan fingerprint density at radius 1 is 1.21 bits per heavy atom. The molecule has 3 rings (SSSR count). The van der Waals surface area contributed by atoms with Gasteiger partial charge in [0.05, 0.1) is 0 Å². The molecule has 2 heterocycles. The minimum atomic E-state index is -0.412. The largest absolute Gasteiger partial charge is 0.381 e. The zero-order valence-corrected chi connectivity index (χ0v) is 11.1. The van der Waals surface area contributed by atoms with Crippen LogP contribution in [-0.2, 0) is 16.1 Å². The highest BCUT2D eigenvalue weighted by atomic mass is 16.5. The van der Waals surface area contributed by atoms with E-state index in [1.165, 1.54) is 5.56 Å². The van der Waals surface area contributed by atoms with Gasteiger partial charge >= 0.3 is 0 Å². The van der Waals surface area contributed by atoms with Gasteiger partial charge in [-0.05, 0) is 18.4 Å². The summed E-state index contributed by atoms with van der Waals surface area (Å²) in [6.45, 7) is 3.89. The van der Waals surface area contributed by atoms with Gasteiger partial charge in [-0.2, -0.15) is 0 Å². The smallest absolute Gasteiger partial charge is 0.243 e. The third kappa shape index (κ3) is 2.80. The van der Waals surface area contributed by atoms with Crippen LogP contribution in [0.2, 0.25) is 0 Å². The third-order valence-electron chi connectivity index (χ3n) is 3.96. The Hall–Kier alpha value is -1.39. The van der Waals surface area contributed by atoms with Crippen molar-refractivity contribution in [2.45, 2.75) is 24.9 Å². The maximum atomic E-state index is 12.5. The minimum absolute atomic E-state index is 0.256. The van der Waals surface area contributed by atoms with Crippen LogP contribution in [0.4, 0.5) is 0 Å². The lowest BCUT2D eigenvalue weighted by Crippen LogP contribution is -2.57. The lowest BCUT2D eigenvalue weighted by Gasteiger charge is -2.37. The Morgan fingerprint density at radius 2 is 1.89 bits per heavy atom. The highest BCUT2D eigenvalue weighted by Crippen LogP contribution is 2.26. The molecule has 2 aliphatic heterocycles. The molecule has 2 aliphatic rings. The molecule has 0 saturated carbocycles. The maximum Gasteiger partial charge on any atom is 0.243 e. The van der Waals surface area contributed by atoms with E-state index in [9.17, 15) is 4.79 Å². The van der Waals surface area contributed by atoms with E-state index in [0.717, 1.165) is 32.5 Å². The Balaban J connectivity index is 1.70. The summed E-state index contributed by atoms with van der Waals surface area (Å²) in [7, 11) is 0. The molecule has 0 bridgehead atoms. The van der Waals surface area contributed by atoms with E-state index in [0.29, 0.717) is 13.2 Å². The number of nitrogens with one attached hydrogen (secondary N) is 1. The molecule has 0 unspecified atom stereocenters. The first-order chi connectivity index (χ1) is 9.30. The number of amides is 1. The second kappa shape index (κ2) is 5.31. The van der Waals surface area contributed by atoms with Gasteiger partial charge in [-0.1, -0.05) is 30.3 Å². The number of nitrogens with zero attached hydrogens (tertiary/aromatic N) is 1. The first-order valence-electron chi connectivity index (χ1n) is 6.96. The molecule has 2 fully saturated rings. The topological polar surface area (TPSA) is 41.3 Å². The molecule has 1 amide bonds. The zero-order chi connectivity index (χ0) is 13.1. The lowest BCUT2D eigenvalue weighted by atomic mass is 9.88. The maximum absolute atomic E-state index is 12.5. The monoisotopic (exact) mass is 260 g/mol. The molecular formula is C15H20N2O2. The third-order valence-corrected chi connectivity index (χ3v) is 3.96. The summed E-state index contributed by atoms with van der Waals surface area (Å²) in [5.74, 6) is 0.256. The molecule has 1 aromatic rings. The Labute approximate surface area is 113 Å². The van der Waals surface area contributed by atoms with Gasteiger partial charge < -0.3 is 9.64 Å². The van der Waals surface area contributed by atoms with Crippen LogP contribution in [-0.4, -0.2) is 42.6 Å². The van der Waals surface area contributed by atoms with E-state index >= 15 is 0 Å². The highest BCUT2D eigenvalue weighted by Gasteiger charge is 2.44. The molecular weight excluding hydrogens is 240 g/mol. The van der Waals surface area contributed by atoms with Crippen LogP contribution >= 0.6 is 0 Å². The van der Waals surface area contributed by atoms with Crippen LogP contribution in [0, 0.1) is 0 Å². The number of rotatable bonds is 4. The minimum Gasteiger partial charge on any atom is -0.381 e. The predicted molar refractivity (Wildman–Crippen MR) is 72.6 cm³/mol. The molecule has 1 aromatic carbocycles. The van der Waals surface area contributed by atoms with E-state index in [4.69, 9.17) is 4.74 Å². The molecule has 0 aromatic heterocycles. The second-order valence-corrected chi connectivity index (χ2v) is 5.33. The summed E-state index contributed by atoms with van der Waals surface area (Å²) in [5.41, 5.74) is 0.803. The van der Waals surface area contributed by atoms with Gasteiger partial charge in [0.25, 0.3) is 0 Å². The SMILES string of the molecule is O=C(N1CC1)C1(NCc2ccccc2)CCOCC1. The summed E-state index contributed by atoms with van der Waals surface area (Å²) >= 11 is 0. The van der Waals surface area contributed by atoms with E-state index in [-0.39, 0.29) is 5.91 Å². The van der Waals surface area contributed by atoms with Crippen molar-refractivity contribution in [1.29, 1.82) is 0 Å². The Bertz CT molecular complexity index is 437. The van der Waals surface area contributed by atoms with E-state index in [1.807, 2.05) is 23.1 Å². The number of benzene rings is 1. The van der Waals surface area contributed by atoms with Crippen LogP contribution in [0.5, 0.6) is 0 Å². The Kier molecular flexibility index (Phi) is 3.53. The summed E-state index contributed by atoms with van der Waals surface area (Å²) in [5, 5.41) is 3.50. The number of hydrogen-bond acceptors (Lipinski definition) is 3. The van der Waals surface area contributed by atoms with Crippen molar-refractivity contribution in [2.24, 2.45) is 0 Å². The average molecular weight is 260 g/mol. The molecule has 1 N–H and O–H groups in total. The van der Waals surface area contributed by atoms with Gasteiger partial charge in [0.2, 0.25) is 5.91 Å². The van der Waals surface area contributed by atoms with Crippen molar-refractivity contribution in [2.75, 3.05) is 26.3 Å². The standard InChI is InChI=1S/C15H20N2O2/c18-14(17-8-9-17)15(6-10-19-11-7-15)16-12-13-4-2-1-3-5-13/h1-5,16H,6-12H2. The number of carbonyl (C=O) groups is 1. The predicted octanol–water partition coefficient (Wildman–Crippen LogP) is 1.17. The average Bonchev–Trinajstić information content (AvgIpc) is 3.31. The molecule has 4 nitrogen and oxygen atoms in total. The molecule has 19 heavy (non-hydrogen) atoms. The first kappa shape index (κ1) is 12.6. The van der Waals surface area contributed by atoms with Crippen LogP contribution in [0.1, 0.15) is 18.4 Å². The van der Waals surface area contributed by atoms with Gasteiger partial charge in [0.1, 0.15) is 5.54 Å². The van der Waals surface area contributed by atoms with Crippen molar-refractivity contribution >= 4 is 5.91 Å². The van der Waals surface area contributed by atoms with Crippen LogP contribution in [0.25, 0.3) is 0 Å². The van der Waals surface area contributed by atoms with Gasteiger partial charge in [-0.3, -0.25) is 10.1 Å². The second-order valence-electron chi connectivity index (χ2n) is 5.33. The van der Waals surface area contributed by atoms with E-state index < -0.39 is 5.54 Å². The summed E-state index contributed by atoms with van der Waals surface area (Å²) in [4.78, 5) is 14.4. The van der Waals surface area contributed by atoms with E-state index in [1.54, 1.807) is 0 Å². The van der Waals surface area contributed by atoms with Crippen molar-refractivity contribution < 1.29 is 9.53 Å². The zero-order valence-electron chi connectivity index (χ0n) is 11.1. The lowest BCUT2D eigenvalue weighted by molar-refractivity contribution is -0.136. The van der Waals surface area contributed by atoms with E-state index in [2.05, 4.69) is 17.4 Å². The van der Waals surface area contributed by atoms with Crippen molar-refractivity contribution in [3.63, 3.8) is 0 Å². The summed E-state index contributed by atoms with van der Waals surface area (Å²) in [6.07, 6.45) is 1.55. The molecule has 0 atom stereocenters. The fourth-order valence-electron chi connectivity index (χ4n) is 2.61. The van der Waals surface area contributed by atoms with Gasteiger partial charge in [-0.15, -0.1) is 0 Å². The van der Waals surface area contributed by atoms with Gasteiger partial charge in [-0.25, -0.2) is 0 Å². The number of hydrogen-bond donors (Lipinski definition) is 1. The fraction of sp³-hybridized carbons (Fsp3) is 0.533. The molecule has 4 heteroatoms. The van der Waals surface area contributed by atoms with Crippen LogP contribution < -0.4 is 5.32 Å². The Morgan fingerprint density at radius 3 is 2.53 bits per heavy atom. The van der Waals surface area contributed by atoms with Crippen LogP contribution in [0.15, 0.2) is 30.3 Å². The van der Waals surface area contributed by atoms with Crippen molar-refractivity contribution in [3.05, 3.63) is 35.9 Å². The molecule has 0 radical (unpaired) electrons. The van der Waals surface area contributed by atoms with Gasteiger partial charge in [0.15, 0.2) is 0 Å². The van der Waals surface area contributed by atoms with Gasteiger partial charge in [0, 0.05) is 32.8 Å². The number of carbonyl (C=O) groups excluding carboxylic acids is 1. The normalized spacial score (nSPS) is 21.2. The quantitative estimate of drug-likeness (QED) is 0.826.